The minimum Gasteiger partial charge on any atom is -0.348 e. The molecular formula is C20H22ClF3N2O5S2. The first-order chi connectivity index (χ1) is 15.0. The van der Waals surface area contributed by atoms with Gasteiger partial charge in [0.15, 0.2) is 9.84 Å². The topological polar surface area (TPSA) is 101 Å². The van der Waals surface area contributed by atoms with Gasteiger partial charge in [-0.25, -0.2) is 16.8 Å². The van der Waals surface area contributed by atoms with Crippen LogP contribution >= 0.6 is 11.6 Å². The van der Waals surface area contributed by atoms with Gasteiger partial charge in [0.1, 0.15) is 6.54 Å². The van der Waals surface area contributed by atoms with Gasteiger partial charge in [-0.15, -0.1) is 0 Å². The van der Waals surface area contributed by atoms with Crippen LogP contribution in [0.1, 0.15) is 30.5 Å². The van der Waals surface area contributed by atoms with Gasteiger partial charge >= 0.3 is 6.18 Å². The van der Waals surface area contributed by atoms with Gasteiger partial charge in [0.05, 0.1) is 33.5 Å². The Kier molecular flexibility index (Phi) is 8.08. The lowest BCUT2D eigenvalue weighted by atomic mass is 10.0. The molecule has 0 saturated carbocycles. The minimum atomic E-state index is -4.74. The van der Waals surface area contributed by atoms with E-state index in [0.717, 1.165) is 18.6 Å². The van der Waals surface area contributed by atoms with Gasteiger partial charge in [-0.05, 0) is 42.3 Å². The largest absolute Gasteiger partial charge is 0.416 e. The summed E-state index contributed by atoms with van der Waals surface area (Å²) in [6.45, 7) is 0.936. The number of sulfone groups is 1. The van der Waals surface area contributed by atoms with Crippen LogP contribution in [0.25, 0.3) is 0 Å². The molecule has 0 aliphatic carbocycles. The zero-order chi connectivity index (χ0) is 25.2. The number of sulfonamides is 1. The first kappa shape index (κ1) is 26.9. The number of nitrogens with one attached hydrogen (secondary N) is 1. The van der Waals surface area contributed by atoms with Crippen molar-refractivity contribution in [3.8, 4) is 0 Å². The number of anilines is 1. The van der Waals surface area contributed by atoms with Crippen LogP contribution in [0, 0.1) is 0 Å². The molecule has 0 aliphatic rings. The number of hydrogen-bond acceptors (Lipinski definition) is 5. The summed E-state index contributed by atoms with van der Waals surface area (Å²) in [7, 11) is -7.58. The molecule has 0 aromatic heterocycles. The highest BCUT2D eigenvalue weighted by Gasteiger charge is 2.33. The highest BCUT2D eigenvalue weighted by atomic mass is 35.5. The zero-order valence-electron chi connectivity index (χ0n) is 17.8. The second-order valence-electron chi connectivity index (χ2n) is 7.30. The average molecular weight is 527 g/mol. The van der Waals surface area contributed by atoms with E-state index in [1.807, 2.05) is 0 Å². The van der Waals surface area contributed by atoms with E-state index in [9.17, 15) is 34.8 Å². The van der Waals surface area contributed by atoms with Gasteiger partial charge in [0, 0.05) is 6.26 Å². The van der Waals surface area contributed by atoms with Crippen LogP contribution in [-0.4, -0.2) is 41.8 Å². The molecule has 33 heavy (non-hydrogen) atoms. The van der Waals surface area contributed by atoms with Crippen molar-refractivity contribution >= 4 is 43.1 Å². The summed E-state index contributed by atoms with van der Waals surface area (Å²) < 4.78 is 87.6. The summed E-state index contributed by atoms with van der Waals surface area (Å²) in [6.07, 6.45) is -2.55. The summed E-state index contributed by atoms with van der Waals surface area (Å²) in [5.74, 6) is -0.784. The zero-order valence-corrected chi connectivity index (χ0v) is 20.2. The van der Waals surface area contributed by atoms with Crippen molar-refractivity contribution < 1.29 is 34.8 Å². The molecule has 1 unspecified atom stereocenters. The van der Waals surface area contributed by atoms with Crippen LogP contribution in [0.2, 0.25) is 5.02 Å². The number of alkyl halides is 3. The maximum atomic E-state index is 13.1. The number of halogens is 4. The van der Waals surface area contributed by atoms with E-state index in [1.165, 1.54) is 24.3 Å². The van der Waals surface area contributed by atoms with Crippen LogP contribution in [0.5, 0.6) is 0 Å². The number of carbonyl (C=O) groups excluding carboxylic acids is 1. The molecule has 1 N–H and O–H groups in total. The molecule has 2 aromatic rings. The highest BCUT2D eigenvalue weighted by molar-refractivity contribution is 7.92. The van der Waals surface area contributed by atoms with E-state index in [2.05, 4.69) is 5.32 Å². The molecule has 7 nitrogen and oxygen atoms in total. The standard InChI is InChI=1S/C20H22ClF3N2O5S2/c1-4-17(13-5-8-15(9-6-13)32(2,28)29)25-19(27)12-26(33(3,30)31)18-11-14(20(22,23)24)7-10-16(18)21/h5-11,17H,4,12H2,1-3H3,(H,25,27). The van der Waals surface area contributed by atoms with E-state index in [4.69, 9.17) is 11.6 Å². The Labute approximate surface area is 195 Å². The summed E-state index contributed by atoms with van der Waals surface area (Å²) in [5.41, 5.74) is -1.02. The second kappa shape index (κ2) is 9.90. The lowest BCUT2D eigenvalue weighted by molar-refractivity contribution is -0.137. The van der Waals surface area contributed by atoms with E-state index in [1.54, 1.807) is 6.92 Å². The second-order valence-corrected chi connectivity index (χ2v) is 11.6. The summed E-state index contributed by atoms with van der Waals surface area (Å²) >= 11 is 5.96. The van der Waals surface area contributed by atoms with Crippen molar-refractivity contribution in [2.45, 2.75) is 30.5 Å². The summed E-state index contributed by atoms with van der Waals surface area (Å²) in [6, 6.07) is 7.39. The Balaban J connectivity index is 2.31. The third-order valence-electron chi connectivity index (χ3n) is 4.68. The predicted molar refractivity (Wildman–Crippen MR) is 119 cm³/mol. The van der Waals surface area contributed by atoms with Gasteiger partial charge in [-0.1, -0.05) is 30.7 Å². The van der Waals surface area contributed by atoms with Gasteiger partial charge in [0.25, 0.3) is 0 Å². The fourth-order valence-corrected chi connectivity index (χ4v) is 4.76. The van der Waals surface area contributed by atoms with E-state index in [-0.39, 0.29) is 9.92 Å². The van der Waals surface area contributed by atoms with Crippen LogP contribution < -0.4 is 9.62 Å². The van der Waals surface area contributed by atoms with Gasteiger partial charge < -0.3 is 5.32 Å². The molecule has 0 spiro atoms. The van der Waals surface area contributed by atoms with E-state index < -0.39 is 55.8 Å². The quantitative estimate of drug-likeness (QED) is 0.564. The Morgan fingerprint density at radius 1 is 1.06 bits per heavy atom. The number of hydrogen-bond donors (Lipinski definition) is 1. The maximum absolute atomic E-state index is 13.1. The van der Waals surface area contributed by atoms with Gasteiger partial charge in [-0.3, -0.25) is 9.10 Å². The number of benzene rings is 2. The molecular weight excluding hydrogens is 505 g/mol. The van der Waals surface area contributed by atoms with Crippen LogP contribution in [0.4, 0.5) is 18.9 Å². The Morgan fingerprint density at radius 3 is 2.09 bits per heavy atom. The molecule has 0 radical (unpaired) electrons. The van der Waals surface area contributed by atoms with Gasteiger partial charge in [0.2, 0.25) is 15.9 Å². The van der Waals surface area contributed by atoms with Crippen molar-refractivity contribution in [3.63, 3.8) is 0 Å². The number of rotatable bonds is 8. The van der Waals surface area contributed by atoms with Crippen molar-refractivity contribution in [1.29, 1.82) is 0 Å². The van der Waals surface area contributed by atoms with Crippen LogP contribution in [0.15, 0.2) is 47.4 Å². The fraction of sp³-hybridized carbons (Fsp3) is 0.350. The number of carbonyl (C=O) groups is 1. The molecule has 0 aliphatic heterocycles. The Morgan fingerprint density at radius 2 is 1.64 bits per heavy atom. The SMILES string of the molecule is CCC(NC(=O)CN(c1cc(C(F)(F)F)ccc1Cl)S(C)(=O)=O)c1ccc(S(C)(=O)=O)cc1. The van der Waals surface area contributed by atoms with Gasteiger partial charge in [-0.2, -0.15) is 13.2 Å². The lowest BCUT2D eigenvalue weighted by Crippen LogP contribution is -2.41. The Bertz CT molecular complexity index is 1230. The first-order valence-corrected chi connectivity index (χ1v) is 13.6. The molecule has 2 aromatic carbocycles. The lowest BCUT2D eigenvalue weighted by Gasteiger charge is -2.25. The highest BCUT2D eigenvalue weighted by Crippen LogP contribution is 2.36. The van der Waals surface area contributed by atoms with Crippen LogP contribution in [0.3, 0.4) is 0 Å². The number of amides is 1. The predicted octanol–water partition coefficient (Wildman–Crippen LogP) is 3.80. The summed E-state index contributed by atoms with van der Waals surface area (Å²) in [4.78, 5) is 12.7. The van der Waals surface area contributed by atoms with Crippen LogP contribution in [-0.2, 0) is 30.8 Å². The van der Waals surface area contributed by atoms with E-state index >= 15 is 0 Å². The molecule has 13 heteroatoms. The summed E-state index contributed by atoms with van der Waals surface area (Å²) in [5, 5.41) is 2.34. The molecule has 0 saturated heterocycles. The van der Waals surface area contributed by atoms with E-state index in [0.29, 0.717) is 28.4 Å². The maximum Gasteiger partial charge on any atom is 0.416 e. The molecule has 0 fully saturated rings. The molecule has 2 rings (SSSR count). The van der Waals surface area contributed by atoms with Crippen molar-refractivity contribution in [2.24, 2.45) is 0 Å². The molecule has 0 bridgehead atoms. The van der Waals surface area contributed by atoms with Crippen molar-refractivity contribution in [2.75, 3.05) is 23.4 Å². The fourth-order valence-electron chi connectivity index (χ4n) is 3.00. The third-order valence-corrected chi connectivity index (χ3v) is 7.26. The normalized spacial score (nSPS) is 13.4. The van der Waals surface area contributed by atoms with Crippen molar-refractivity contribution in [3.05, 3.63) is 58.6 Å². The minimum absolute atomic E-state index is 0.0925. The van der Waals surface area contributed by atoms with Crippen molar-refractivity contribution in [1.82, 2.24) is 5.32 Å². The average Bonchev–Trinajstić information content (AvgIpc) is 2.68. The smallest absolute Gasteiger partial charge is 0.348 e. The molecule has 1 atom stereocenters. The third kappa shape index (κ3) is 7.08. The molecule has 0 heterocycles. The molecule has 182 valence electrons. The molecule has 1 amide bonds. The monoisotopic (exact) mass is 526 g/mol. The Hall–Kier alpha value is -2.31. The first-order valence-electron chi connectivity index (χ1n) is 9.48. The number of nitrogens with zero attached hydrogens (tertiary/aromatic N) is 1.